The number of rotatable bonds is 8. The van der Waals surface area contributed by atoms with Gasteiger partial charge in [0.05, 0.1) is 42.9 Å². The molecule has 2 unspecified atom stereocenters. The maximum atomic E-state index is 13.4. The van der Waals surface area contributed by atoms with Gasteiger partial charge in [-0.1, -0.05) is 0 Å². The molecule has 46 heavy (non-hydrogen) atoms. The third kappa shape index (κ3) is 5.72. The zero-order valence-electron chi connectivity index (χ0n) is 25.4. The fraction of sp³-hybridized carbons (Fsp3) is 0.294. The minimum absolute atomic E-state index is 0.0381. The number of benzene rings is 2. The number of nitrogens with one attached hydrogen (secondary N) is 1. The molecule has 1 amide bonds. The summed E-state index contributed by atoms with van der Waals surface area (Å²) in [5.74, 6) is 0.817. The highest BCUT2D eigenvalue weighted by molar-refractivity contribution is 6.04. The molecule has 2 aliphatic rings. The van der Waals surface area contributed by atoms with E-state index in [9.17, 15) is 14.0 Å². The molecule has 2 saturated heterocycles. The van der Waals surface area contributed by atoms with Crippen LogP contribution in [0.5, 0.6) is 17.2 Å². The van der Waals surface area contributed by atoms with Crippen LogP contribution in [0.2, 0.25) is 0 Å². The van der Waals surface area contributed by atoms with Gasteiger partial charge in [-0.3, -0.25) is 19.3 Å². The summed E-state index contributed by atoms with van der Waals surface area (Å²) in [6.07, 6.45) is 5.96. The van der Waals surface area contributed by atoms with E-state index in [2.05, 4.69) is 15.3 Å². The van der Waals surface area contributed by atoms with Crippen molar-refractivity contribution in [2.24, 2.45) is 13.0 Å². The van der Waals surface area contributed by atoms with E-state index >= 15 is 0 Å². The number of carbonyl (C=O) groups is 1. The van der Waals surface area contributed by atoms with Crippen LogP contribution in [0.4, 0.5) is 10.2 Å². The summed E-state index contributed by atoms with van der Waals surface area (Å²) >= 11 is 0. The van der Waals surface area contributed by atoms with Gasteiger partial charge < -0.3 is 24.3 Å². The van der Waals surface area contributed by atoms with E-state index in [1.807, 2.05) is 18.2 Å². The smallest absolute Gasteiger partial charge is 0.284 e. The van der Waals surface area contributed by atoms with Crippen LogP contribution < -0.4 is 20.3 Å². The molecule has 5 aromatic rings. The van der Waals surface area contributed by atoms with Crippen molar-refractivity contribution in [3.63, 3.8) is 0 Å². The minimum Gasteiger partial charge on any atom is -0.493 e. The summed E-state index contributed by atoms with van der Waals surface area (Å²) < 4.78 is 40.3. The summed E-state index contributed by atoms with van der Waals surface area (Å²) in [6, 6.07) is 16.2. The quantitative estimate of drug-likeness (QED) is 0.239. The molecule has 236 valence electrons. The normalized spacial score (nSPS) is 19.2. The lowest BCUT2D eigenvalue weighted by Crippen LogP contribution is -2.26. The van der Waals surface area contributed by atoms with Gasteiger partial charge in [0.1, 0.15) is 34.4 Å². The molecule has 3 aromatic heterocycles. The largest absolute Gasteiger partial charge is 0.493 e. The molecule has 2 atom stereocenters. The Morgan fingerprint density at radius 3 is 2.67 bits per heavy atom. The van der Waals surface area contributed by atoms with Gasteiger partial charge in [-0.15, -0.1) is 0 Å². The van der Waals surface area contributed by atoms with Gasteiger partial charge in [0.15, 0.2) is 5.79 Å². The molecule has 11 nitrogen and oxygen atoms in total. The second-order valence-electron chi connectivity index (χ2n) is 11.6. The first-order valence-electron chi connectivity index (χ1n) is 15.1. The maximum Gasteiger partial charge on any atom is 0.284 e. The molecule has 1 spiro atoms. The molecule has 2 aromatic carbocycles. The van der Waals surface area contributed by atoms with E-state index in [1.54, 1.807) is 43.0 Å². The highest BCUT2D eigenvalue weighted by Crippen LogP contribution is 2.39. The summed E-state index contributed by atoms with van der Waals surface area (Å²) in [7, 11) is 1.66. The zero-order chi connectivity index (χ0) is 31.8. The van der Waals surface area contributed by atoms with E-state index in [0.29, 0.717) is 41.8 Å². The van der Waals surface area contributed by atoms with Crippen molar-refractivity contribution < 1.29 is 28.1 Å². The van der Waals surface area contributed by atoms with Crippen LogP contribution in [-0.4, -0.2) is 50.8 Å². The predicted octanol–water partition coefficient (Wildman–Crippen LogP) is 5.53. The summed E-state index contributed by atoms with van der Waals surface area (Å²) in [5, 5.41) is 3.48. The van der Waals surface area contributed by atoms with Crippen molar-refractivity contribution in [3.8, 4) is 22.9 Å². The van der Waals surface area contributed by atoms with Crippen LogP contribution in [0.15, 0.2) is 77.9 Å². The second-order valence-corrected chi connectivity index (χ2v) is 11.6. The molecular weight excluding hydrogens is 593 g/mol. The third-order valence-electron chi connectivity index (χ3n) is 8.47. The van der Waals surface area contributed by atoms with Gasteiger partial charge in [0, 0.05) is 43.5 Å². The third-order valence-corrected chi connectivity index (χ3v) is 8.47. The van der Waals surface area contributed by atoms with Crippen LogP contribution in [0.3, 0.4) is 0 Å². The number of carbonyl (C=O) groups excluding carboxylic acids is 1. The molecule has 7 rings (SSSR count). The van der Waals surface area contributed by atoms with E-state index < -0.39 is 23.1 Å². The molecule has 0 bridgehead atoms. The van der Waals surface area contributed by atoms with Gasteiger partial charge in [0.2, 0.25) is 0 Å². The number of nitrogens with zero attached hydrogens (tertiary/aromatic N) is 4. The number of hydrogen-bond donors (Lipinski definition) is 1. The Labute approximate surface area is 263 Å². The number of pyridine rings is 2. The van der Waals surface area contributed by atoms with Gasteiger partial charge in [0.25, 0.3) is 11.5 Å². The van der Waals surface area contributed by atoms with Gasteiger partial charge in [-0.05, 0) is 67.9 Å². The van der Waals surface area contributed by atoms with Crippen LogP contribution >= 0.6 is 0 Å². The van der Waals surface area contributed by atoms with E-state index in [4.69, 9.17) is 18.9 Å². The van der Waals surface area contributed by atoms with Crippen molar-refractivity contribution in [3.05, 3.63) is 100 Å². The molecule has 5 heterocycles. The van der Waals surface area contributed by atoms with E-state index in [1.165, 1.54) is 35.1 Å². The lowest BCUT2D eigenvalue weighted by molar-refractivity contribution is -0.178. The average molecular weight is 626 g/mol. The van der Waals surface area contributed by atoms with Crippen LogP contribution in [0, 0.1) is 18.7 Å². The van der Waals surface area contributed by atoms with Crippen molar-refractivity contribution in [2.45, 2.75) is 32.0 Å². The standard InChI is InChI=1S/C34H32FN5O6/c1-21-31(33(42)40(39(21)2)24-6-4-23(35)5-7-24)32(41)38-30-11-9-26(18-37-30)46-29-12-14-36-28-16-25(8-10-27(28)29)43-19-22-17-34(45-20-22)13-3-15-44-34/h4-12,14,16,18,22H,3,13,15,17,19-20H2,1-2H3,(H,37,38,41). The zero-order valence-corrected chi connectivity index (χ0v) is 25.4. The first-order chi connectivity index (χ1) is 22.3. The van der Waals surface area contributed by atoms with Crippen molar-refractivity contribution in [2.75, 3.05) is 25.1 Å². The summed E-state index contributed by atoms with van der Waals surface area (Å²) in [4.78, 5) is 35.1. The van der Waals surface area contributed by atoms with Gasteiger partial charge in [-0.25, -0.2) is 14.1 Å². The number of fused-ring (bicyclic) bond motifs is 1. The van der Waals surface area contributed by atoms with Crippen LogP contribution in [0.1, 0.15) is 35.3 Å². The predicted molar refractivity (Wildman–Crippen MR) is 167 cm³/mol. The SMILES string of the molecule is Cc1c(C(=O)Nc2ccc(Oc3ccnc4cc(OCC5COC6(CCCO6)C5)ccc34)cn2)c(=O)n(-c2ccc(F)cc2)n1C. The first-order valence-corrected chi connectivity index (χ1v) is 15.1. The Morgan fingerprint density at radius 2 is 1.91 bits per heavy atom. The number of hydrogen-bond acceptors (Lipinski definition) is 8. The Balaban J connectivity index is 1.01. The van der Waals surface area contributed by atoms with Crippen molar-refractivity contribution in [1.82, 2.24) is 19.3 Å². The highest BCUT2D eigenvalue weighted by Gasteiger charge is 2.44. The fourth-order valence-corrected chi connectivity index (χ4v) is 6.04. The van der Waals surface area contributed by atoms with Crippen molar-refractivity contribution >= 4 is 22.6 Å². The van der Waals surface area contributed by atoms with Crippen LogP contribution in [-0.2, 0) is 16.5 Å². The molecule has 0 saturated carbocycles. The number of ether oxygens (including phenoxy) is 4. The maximum absolute atomic E-state index is 13.4. The first kappa shape index (κ1) is 29.6. The lowest BCUT2D eigenvalue weighted by atomic mass is 10.0. The van der Waals surface area contributed by atoms with Crippen molar-refractivity contribution in [1.29, 1.82) is 0 Å². The number of aromatic nitrogens is 4. The molecule has 12 heteroatoms. The second kappa shape index (κ2) is 12.0. The molecular formula is C34H32FN5O6. The fourth-order valence-electron chi connectivity index (χ4n) is 6.04. The highest BCUT2D eigenvalue weighted by atomic mass is 19.1. The van der Waals surface area contributed by atoms with E-state index in [0.717, 1.165) is 36.8 Å². The summed E-state index contributed by atoms with van der Waals surface area (Å²) in [5.41, 5.74) is 1.04. The lowest BCUT2D eigenvalue weighted by Gasteiger charge is -2.21. The molecule has 0 radical (unpaired) electrons. The van der Waals surface area contributed by atoms with E-state index in [-0.39, 0.29) is 17.3 Å². The van der Waals surface area contributed by atoms with Gasteiger partial charge >= 0.3 is 0 Å². The minimum atomic E-state index is -0.606. The Morgan fingerprint density at radius 1 is 1.09 bits per heavy atom. The van der Waals surface area contributed by atoms with Gasteiger partial charge in [-0.2, -0.15) is 0 Å². The monoisotopic (exact) mass is 625 g/mol. The molecule has 2 fully saturated rings. The summed E-state index contributed by atoms with van der Waals surface area (Å²) in [6.45, 7) is 3.59. The molecule has 0 aliphatic carbocycles. The Hall–Kier alpha value is -5.07. The number of anilines is 1. The number of halogens is 1. The van der Waals surface area contributed by atoms with Crippen LogP contribution in [0.25, 0.3) is 16.6 Å². The average Bonchev–Trinajstić information content (AvgIpc) is 3.75. The Bertz CT molecular complexity index is 1970. The molecule has 1 N–H and O–H groups in total. The topological polar surface area (TPSA) is 119 Å². The number of amides is 1. The molecule has 2 aliphatic heterocycles. The Kier molecular flexibility index (Phi) is 7.75.